The third-order valence-corrected chi connectivity index (χ3v) is 12.9. The van der Waals surface area contributed by atoms with Crippen molar-refractivity contribution in [3.63, 3.8) is 0 Å². The highest BCUT2D eigenvalue weighted by atomic mass is 32.2. The first-order valence-electron chi connectivity index (χ1n) is 12.6. The summed E-state index contributed by atoms with van der Waals surface area (Å²) in [5.74, 6) is 2.11. The molecule has 1 aliphatic rings. The highest BCUT2D eigenvalue weighted by Gasteiger charge is 2.40. The molecule has 0 fully saturated rings. The smallest absolute Gasteiger partial charge is 0.250 e. The molecule has 0 spiro atoms. The Morgan fingerprint density at radius 2 is 1.61 bits per heavy atom. The molecule has 3 aromatic rings. The quantitative estimate of drug-likeness (QED) is 0.273. The summed E-state index contributed by atoms with van der Waals surface area (Å²) < 4.78 is 26.0. The number of nitrogens with zero attached hydrogens (tertiary/aromatic N) is 1. The molecule has 36 heavy (non-hydrogen) atoms. The second-order valence-corrected chi connectivity index (χ2v) is 17.0. The highest BCUT2D eigenvalue weighted by molar-refractivity contribution is 7.67. The van der Waals surface area contributed by atoms with Crippen molar-refractivity contribution < 1.29 is 13.4 Å². The Labute approximate surface area is 221 Å². The maximum absolute atomic E-state index is 11.3. The van der Waals surface area contributed by atoms with Gasteiger partial charge in [-0.25, -0.2) is 4.21 Å². The number of rotatable bonds is 6. The molecule has 2 unspecified atom stereocenters. The monoisotopic (exact) mass is 521 g/mol. The van der Waals surface area contributed by atoms with Gasteiger partial charge in [0.1, 0.15) is 23.4 Å². The van der Waals surface area contributed by atoms with Crippen molar-refractivity contribution in [1.82, 2.24) is 0 Å². The van der Waals surface area contributed by atoms with Gasteiger partial charge in [-0.15, -0.1) is 0 Å². The zero-order chi connectivity index (χ0) is 26.3. The molecule has 4 nitrogen and oxygen atoms in total. The Morgan fingerprint density at radius 3 is 2.22 bits per heavy atom. The zero-order valence-electron chi connectivity index (χ0n) is 22.8. The van der Waals surface area contributed by atoms with E-state index in [4.69, 9.17) is 9.16 Å². The van der Waals surface area contributed by atoms with Crippen LogP contribution in [0.5, 0.6) is 11.5 Å². The summed E-state index contributed by atoms with van der Waals surface area (Å²) in [6.07, 6.45) is 0. The van der Waals surface area contributed by atoms with E-state index in [-0.39, 0.29) is 28.7 Å². The van der Waals surface area contributed by atoms with Crippen LogP contribution in [-0.4, -0.2) is 26.2 Å². The predicted octanol–water partition coefficient (Wildman–Crippen LogP) is 7.29. The highest BCUT2D eigenvalue weighted by Crippen LogP contribution is 2.48. The second-order valence-electron chi connectivity index (χ2n) is 11.5. The molecule has 6 heteroatoms. The van der Waals surface area contributed by atoms with Gasteiger partial charge in [0, 0.05) is 36.2 Å². The van der Waals surface area contributed by atoms with E-state index < -0.39 is 8.32 Å². The molecule has 2 atom stereocenters. The van der Waals surface area contributed by atoms with Gasteiger partial charge >= 0.3 is 0 Å². The summed E-state index contributed by atoms with van der Waals surface area (Å²) in [4.78, 5) is 0. The van der Waals surface area contributed by atoms with Crippen LogP contribution in [0.3, 0.4) is 0 Å². The molecule has 1 aliphatic heterocycles. The molecule has 0 bridgehead atoms. The SMILES string of the molecule is Cc1ccc(C2COc3cc(O[Si](C)(C)C(C)(C)C)ccc3C2c2ccc(N(C)[SH]=O)cc2)cc1C. The van der Waals surface area contributed by atoms with Crippen molar-refractivity contribution in [3.8, 4) is 11.5 Å². The lowest BCUT2D eigenvalue weighted by molar-refractivity contribution is 0.248. The van der Waals surface area contributed by atoms with E-state index in [1.807, 2.05) is 19.2 Å². The predicted molar refractivity (Wildman–Crippen MR) is 155 cm³/mol. The standard InChI is InChI=1S/C30H39NO3SSi/c1-20-9-10-23(17-21(20)2)27-19-33-28-18-25(34-36(7,8)30(3,4)5)15-16-26(28)29(27)22-11-13-24(14-12-22)31(6)35-32/h9-18,27,29,35H,19H2,1-8H3. The topological polar surface area (TPSA) is 38.8 Å². The van der Waals surface area contributed by atoms with E-state index in [0.29, 0.717) is 6.61 Å². The minimum atomic E-state index is -1.96. The first kappa shape index (κ1) is 26.5. The fourth-order valence-electron chi connectivity index (χ4n) is 4.54. The maximum Gasteiger partial charge on any atom is 0.250 e. The molecular weight excluding hydrogens is 482 g/mol. The minimum Gasteiger partial charge on any atom is -0.543 e. The van der Waals surface area contributed by atoms with Crippen molar-refractivity contribution in [2.75, 3.05) is 18.0 Å². The molecule has 0 radical (unpaired) electrons. The van der Waals surface area contributed by atoms with E-state index in [1.54, 1.807) is 4.31 Å². The molecule has 0 aliphatic carbocycles. The first-order valence-corrected chi connectivity index (χ1v) is 16.3. The molecule has 0 N–H and O–H groups in total. The number of aryl methyl sites for hydroxylation is 2. The van der Waals surface area contributed by atoms with Gasteiger partial charge in [-0.05, 0) is 72.4 Å². The normalized spacial score (nSPS) is 17.8. The number of fused-ring (bicyclic) bond motifs is 1. The van der Waals surface area contributed by atoms with Gasteiger partial charge in [0.05, 0.1) is 6.61 Å². The van der Waals surface area contributed by atoms with Crippen LogP contribution in [0.2, 0.25) is 18.1 Å². The molecule has 3 aromatic carbocycles. The van der Waals surface area contributed by atoms with Crippen molar-refractivity contribution in [3.05, 3.63) is 88.5 Å². The van der Waals surface area contributed by atoms with E-state index in [9.17, 15) is 4.21 Å². The number of anilines is 1. The van der Waals surface area contributed by atoms with Crippen molar-refractivity contribution in [1.29, 1.82) is 0 Å². The van der Waals surface area contributed by atoms with E-state index >= 15 is 0 Å². The van der Waals surface area contributed by atoms with E-state index in [0.717, 1.165) is 17.2 Å². The van der Waals surface area contributed by atoms with E-state index in [2.05, 4.69) is 96.2 Å². The minimum absolute atomic E-state index is 0.0186. The second kappa shape index (κ2) is 10.1. The van der Waals surface area contributed by atoms with Crippen molar-refractivity contribution in [2.45, 2.75) is 64.6 Å². The van der Waals surface area contributed by atoms with Gasteiger partial charge in [-0.1, -0.05) is 57.2 Å². The van der Waals surface area contributed by atoms with Crippen LogP contribution in [0.1, 0.15) is 60.4 Å². The molecule has 1 heterocycles. The summed E-state index contributed by atoms with van der Waals surface area (Å²) in [5.41, 5.74) is 7.19. The van der Waals surface area contributed by atoms with Crippen LogP contribution in [-0.2, 0) is 11.9 Å². The van der Waals surface area contributed by atoms with Crippen molar-refractivity contribution >= 4 is 25.9 Å². The lowest BCUT2D eigenvalue weighted by atomic mass is 9.75. The summed E-state index contributed by atoms with van der Waals surface area (Å²) in [6.45, 7) is 16.2. The van der Waals surface area contributed by atoms with Gasteiger partial charge in [0.2, 0.25) is 8.32 Å². The molecular formula is C30H39NO3SSi. The Kier molecular flexibility index (Phi) is 7.40. The fraction of sp³-hybridized carbons (Fsp3) is 0.400. The fourth-order valence-corrected chi connectivity index (χ4v) is 5.79. The Balaban J connectivity index is 1.77. The van der Waals surface area contributed by atoms with Crippen LogP contribution in [0.4, 0.5) is 5.69 Å². The number of thiol groups is 1. The number of ether oxygens (including phenoxy) is 1. The lowest BCUT2D eigenvalue weighted by Crippen LogP contribution is -2.43. The van der Waals surface area contributed by atoms with Crippen LogP contribution >= 0.6 is 0 Å². The van der Waals surface area contributed by atoms with Gasteiger partial charge in [-0.2, -0.15) is 0 Å². The molecule has 0 aromatic heterocycles. The summed E-state index contributed by atoms with van der Waals surface area (Å²) in [7, 11) is -0.142. The zero-order valence-corrected chi connectivity index (χ0v) is 24.6. The maximum atomic E-state index is 11.3. The molecule has 0 saturated carbocycles. The average Bonchev–Trinajstić information content (AvgIpc) is 2.83. The largest absolute Gasteiger partial charge is 0.543 e. The first-order chi connectivity index (χ1) is 16.9. The molecule has 0 amide bonds. The summed E-state index contributed by atoms with van der Waals surface area (Å²) >= 11 is -0.0186. The molecule has 4 rings (SSSR count). The lowest BCUT2D eigenvalue weighted by Gasteiger charge is -2.38. The van der Waals surface area contributed by atoms with Crippen LogP contribution in [0.15, 0.2) is 60.7 Å². The third kappa shape index (κ3) is 5.25. The van der Waals surface area contributed by atoms with Gasteiger partial charge in [-0.3, -0.25) is 4.31 Å². The Hall–Kier alpha value is -2.57. The Morgan fingerprint density at radius 1 is 0.944 bits per heavy atom. The van der Waals surface area contributed by atoms with Gasteiger partial charge in [0.25, 0.3) is 0 Å². The molecule has 192 valence electrons. The van der Waals surface area contributed by atoms with Gasteiger partial charge in [0.15, 0.2) is 0 Å². The number of hydrogen-bond acceptors (Lipinski definition) is 3. The summed E-state index contributed by atoms with van der Waals surface area (Å²) in [6, 6.07) is 21.5. The average molecular weight is 522 g/mol. The van der Waals surface area contributed by atoms with Crippen LogP contribution in [0.25, 0.3) is 0 Å². The van der Waals surface area contributed by atoms with Crippen molar-refractivity contribution in [2.24, 2.45) is 0 Å². The van der Waals surface area contributed by atoms with Gasteiger partial charge < -0.3 is 9.16 Å². The molecule has 0 saturated heterocycles. The Bertz CT molecular complexity index is 1250. The third-order valence-electron chi connectivity index (χ3n) is 8.03. The van der Waals surface area contributed by atoms with Crippen LogP contribution in [0, 0.1) is 13.8 Å². The number of benzene rings is 3. The summed E-state index contributed by atoms with van der Waals surface area (Å²) in [5, 5.41) is 0.124. The van der Waals surface area contributed by atoms with Crippen LogP contribution < -0.4 is 13.5 Å². The number of hydrogen-bond donors (Lipinski definition) is 1. The van der Waals surface area contributed by atoms with E-state index in [1.165, 1.54) is 27.8 Å².